The summed E-state index contributed by atoms with van der Waals surface area (Å²) >= 11 is 0. The summed E-state index contributed by atoms with van der Waals surface area (Å²) in [5.74, 6) is 0.917. The molecule has 1 aromatic heterocycles. The lowest BCUT2D eigenvalue weighted by atomic mass is 9.76. The van der Waals surface area contributed by atoms with E-state index in [1.165, 1.54) is 24.5 Å². The summed E-state index contributed by atoms with van der Waals surface area (Å²) in [4.78, 5) is 40.6. The van der Waals surface area contributed by atoms with Crippen LogP contribution in [0.15, 0.2) is 24.5 Å². The van der Waals surface area contributed by atoms with Gasteiger partial charge in [0.2, 0.25) is 5.91 Å². The van der Waals surface area contributed by atoms with Crippen molar-refractivity contribution in [1.82, 2.24) is 34.8 Å². The predicted molar refractivity (Wildman–Crippen MR) is 182 cm³/mol. The molecule has 2 aromatic rings. The maximum atomic E-state index is 14.3. The quantitative estimate of drug-likeness (QED) is 0.272. The first-order chi connectivity index (χ1) is 22.2. The number of ether oxygens (including phenoxy) is 1. The van der Waals surface area contributed by atoms with Gasteiger partial charge in [0.25, 0.3) is 11.8 Å². The Hall–Kier alpha value is -3.38. The molecule has 2 atom stereocenters. The van der Waals surface area contributed by atoms with Gasteiger partial charge in [0.1, 0.15) is 17.9 Å². The van der Waals surface area contributed by atoms with Crippen LogP contribution in [0, 0.1) is 23.1 Å². The Balaban J connectivity index is 1.37. The lowest BCUT2D eigenvalue weighted by Gasteiger charge is -2.53. The molecule has 2 aliphatic heterocycles. The van der Waals surface area contributed by atoms with Gasteiger partial charge in [0, 0.05) is 76.8 Å². The topological polar surface area (TPSA) is 98.2 Å². The number of carbonyl (C=O) groups excluding carboxylic acids is 2. The lowest BCUT2D eigenvalue weighted by molar-refractivity contribution is -0.132. The first-order valence-corrected chi connectivity index (χ1v) is 17.1. The Bertz CT molecular complexity index is 1370. The third kappa shape index (κ3) is 8.76. The van der Waals surface area contributed by atoms with Crippen molar-refractivity contribution in [2.75, 3.05) is 71.9 Å². The summed E-state index contributed by atoms with van der Waals surface area (Å²) in [7, 11) is 5.73. The molecular weight excluding hydrogens is 599 g/mol. The van der Waals surface area contributed by atoms with E-state index in [-0.39, 0.29) is 46.4 Å². The van der Waals surface area contributed by atoms with Crippen LogP contribution in [0.4, 0.5) is 10.2 Å². The Kier molecular flexibility index (Phi) is 12.2. The van der Waals surface area contributed by atoms with E-state index in [0.717, 1.165) is 58.5 Å². The second-order valence-corrected chi connectivity index (χ2v) is 14.4. The molecule has 260 valence electrons. The van der Waals surface area contributed by atoms with Crippen LogP contribution in [0.1, 0.15) is 71.2 Å². The van der Waals surface area contributed by atoms with Crippen LogP contribution in [-0.2, 0) is 4.79 Å². The summed E-state index contributed by atoms with van der Waals surface area (Å²) in [5.41, 5.74) is 0.316. The first kappa shape index (κ1) is 36.5. The zero-order chi connectivity index (χ0) is 34.5. The fraction of sp³-hybridized carbons (Fsp3) is 0.686. The maximum Gasteiger partial charge on any atom is 0.282 e. The fourth-order valence-corrected chi connectivity index (χ4v) is 7.31. The first-order valence-electron chi connectivity index (χ1n) is 17.1. The van der Waals surface area contributed by atoms with Crippen molar-refractivity contribution in [1.29, 1.82) is 0 Å². The summed E-state index contributed by atoms with van der Waals surface area (Å²) in [6.45, 7) is 18.3. The third-order valence-corrected chi connectivity index (χ3v) is 9.72. The number of halogens is 1. The molecule has 47 heavy (non-hydrogen) atoms. The number of benzene rings is 1. The number of carbonyl (C=O) groups is 2. The molecule has 2 amide bonds. The molecule has 2 fully saturated rings. The highest BCUT2D eigenvalue weighted by Crippen LogP contribution is 2.44. The molecule has 2 aliphatic rings. The van der Waals surface area contributed by atoms with Crippen LogP contribution in [0.3, 0.4) is 0 Å². The molecule has 0 N–H and O–H groups in total. The van der Waals surface area contributed by atoms with E-state index >= 15 is 0 Å². The number of nitrogens with zero attached hydrogens (tertiary/aromatic N) is 8. The molecule has 1 spiro atoms. The Morgan fingerprint density at radius 3 is 2.45 bits per heavy atom. The molecule has 2 unspecified atom stereocenters. The van der Waals surface area contributed by atoms with E-state index in [2.05, 4.69) is 50.8 Å². The van der Waals surface area contributed by atoms with Crippen LogP contribution in [0.5, 0.6) is 11.6 Å². The SMILES string of the molecule is CCN(C(=O)c1cc(F)ccc1Oc1nncnc1N1CCC2(C1)CN(C(CCCN(C)CC(C)C(=O)N(C)C)C(C)C)C2)C(C)C. The van der Waals surface area contributed by atoms with Gasteiger partial charge in [-0.25, -0.2) is 9.37 Å². The van der Waals surface area contributed by atoms with Crippen molar-refractivity contribution in [2.45, 2.75) is 72.9 Å². The molecule has 11 nitrogen and oxygen atoms in total. The summed E-state index contributed by atoms with van der Waals surface area (Å²) < 4.78 is 20.5. The van der Waals surface area contributed by atoms with Gasteiger partial charge in [-0.3, -0.25) is 14.5 Å². The number of amides is 2. The lowest BCUT2D eigenvalue weighted by Crippen LogP contribution is -2.62. The average Bonchev–Trinajstić information content (AvgIpc) is 3.45. The second-order valence-electron chi connectivity index (χ2n) is 14.4. The Labute approximate surface area is 280 Å². The maximum absolute atomic E-state index is 14.3. The smallest absolute Gasteiger partial charge is 0.282 e. The molecule has 0 bridgehead atoms. The van der Waals surface area contributed by atoms with Crippen molar-refractivity contribution in [3.63, 3.8) is 0 Å². The summed E-state index contributed by atoms with van der Waals surface area (Å²) in [6, 6.07) is 4.43. The molecule has 0 aliphatic carbocycles. The molecule has 0 saturated carbocycles. The second kappa shape index (κ2) is 15.7. The molecule has 4 rings (SSSR count). The highest BCUT2D eigenvalue weighted by Gasteiger charge is 2.50. The van der Waals surface area contributed by atoms with Gasteiger partial charge in [-0.2, -0.15) is 0 Å². The van der Waals surface area contributed by atoms with Crippen molar-refractivity contribution in [3.05, 3.63) is 35.9 Å². The normalized spacial score (nSPS) is 17.3. The molecule has 1 aromatic carbocycles. The Morgan fingerprint density at radius 1 is 1.09 bits per heavy atom. The highest BCUT2D eigenvalue weighted by atomic mass is 19.1. The summed E-state index contributed by atoms with van der Waals surface area (Å²) in [5, 5.41) is 8.22. The number of hydrogen-bond donors (Lipinski definition) is 0. The molecule has 0 radical (unpaired) electrons. The van der Waals surface area contributed by atoms with Gasteiger partial charge in [-0.05, 0) is 77.7 Å². The van der Waals surface area contributed by atoms with E-state index in [1.807, 2.05) is 41.8 Å². The van der Waals surface area contributed by atoms with Crippen LogP contribution in [0.2, 0.25) is 0 Å². The van der Waals surface area contributed by atoms with Gasteiger partial charge >= 0.3 is 0 Å². The Morgan fingerprint density at radius 2 is 1.81 bits per heavy atom. The van der Waals surface area contributed by atoms with Gasteiger partial charge in [0.05, 0.1) is 5.56 Å². The number of hydrogen-bond acceptors (Lipinski definition) is 9. The molecule has 12 heteroatoms. The predicted octanol–water partition coefficient (Wildman–Crippen LogP) is 4.65. The third-order valence-electron chi connectivity index (χ3n) is 9.72. The zero-order valence-electron chi connectivity index (χ0n) is 29.9. The number of likely N-dealkylation sites (tertiary alicyclic amines) is 1. The van der Waals surface area contributed by atoms with E-state index in [1.54, 1.807) is 9.80 Å². The van der Waals surface area contributed by atoms with Crippen LogP contribution >= 0.6 is 0 Å². The van der Waals surface area contributed by atoms with Crippen molar-refractivity contribution in [2.24, 2.45) is 17.3 Å². The average molecular weight is 655 g/mol. The minimum Gasteiger partial charge on any atom is -0.434 e. The minimum absolute atomic E-state index is 0.0102. The van der Waals surface area contributed by atoms with Crippen LogP contribution in [-0.4, -0.2) is 126 Å². The van der Waals surface area contributed by atoms with Gasteiger partial charge < -0.3 is 24.3 Å². The van der Waals surface area contributed by atoms with Crippen LogP contribution < -0.4 is 9.64 Å². The molecular formula is C35H55FN8O3. The summed E-state index contributed by atoms with van der Waals surface area (Å²) in [6.07, 6.45) is 4.67. The van der Waals surface area contributed by atoms with Gasteiger partial charge in [0.15, 0.2) is 5.82 Å². The van der Waals surface area contributed by atoms with Crippen molar-refractivity contribution in [3.8, 4) is 11.6 Å². The van der Waals surface area contributed by atoms with Crippen molar-refractivity contribution < 1.29 is 18.7 Å². The molecule has 2 saturated heterocycles. The van der Waals surface area contributed by atoms with Gasteiger partial charge in [-0.1, -0.05) is 20.8 Å². The number of aromatic nitrogens is 3. The fourth-order valence-electron chi connectivity index (χ4n) is 7.31. The molecule has 3 heterocycles. The van der Waals surface area contributed by atoms with Crippen molar-refractivity contribution >= 4 is 17.6 Å². The van der Waals surface area contributed by atoms with E-state index in [4.69, 9.17) is 4.74 Å². The largest absolute Gasteiger partial charge is 0.434 e. The monoisotopic (exact) mass is 654 g/mol. The minimum atomic E-state index is -0.508. The van der Waals surface area contributed by atoms with Crippen LogP contribution in [0.25, 0.3) is 0 Å². The van der Waals surface area contributed by atoms with E-state index in [9.17, 15) is 14.0 Å². The number of anilines is 1. The van der Waals surface area contributed by atoms with E-state index < -0.39 is 5.82 Å². The standard InChI is InChI=1S/C35H55FN8O3/c1-10-44(25(4)5)34(46)28-18-27(36)13-14-30(28)47-32-31(37-23-38-39-32)42-17-15-35(20-42)21-43(22-35)29(24(2)3)12-11-16-41(9)19-26(6)33(45)40(7)8/h13-14,18,23-26,29H,10-12,15-17,19-22H2,1-9H3. The van der Waals surface area contributed by atoms with Gasteiger partial charge in [-0.15, -0.1) is 10.2 Å². The number of rotatable bonds is 15. The highest BCUT2D eigenvalue weighted by molar-refractivity contribution is 5.97. The van der Waals surface area contributed by atoms with E-state index in [0.29, 0.717) is 24.3 Å². The zero-order valence-corrected chi connectivity index (χ0v) is 29.9.